The van der Waals surface area contributed by atoms with E-state index < -0.39 is 65.8 Å². The van der Waals surface area contributed by atoms with E-state index >= 15 is 0 Å². The summed E-state index contributed by atoms with van der Waals surface area (Å²) in [6.07, 6.45) is -3.19. The third-order valence-electron chi connectivity index (χ3n) is 6.03. The Balaban J connectivity index is 1.91. The third-order valence-corrected chi connectivity index (χ3v) is 6.03. The molecule has 0 nitrogen and oxygen atoms in total. The molecule has 1 aromatic carbocycles. The molecule has 146 valence electrons. The van der Waals surface area contributed by atoms with Crippen molar-refractivity contribution in [2.75, 3.05) is 0 Å². The highest BCUT2D eigenvalue weighted by molar-refractivity contribution is 5.28. The summed E-state index contributed by atoms with van der Waals surface area (Å²) in [5.41, 5.74) is -0.365. The third kappa shape index (κ3) is 3.22. The van der Waals surface area contributed by atoms with Gasteiger partial charge in [0.15, 0.2) is 17.5 Å². The number of benzene rings is 1. The second-order valence-corrected chi connectivity index (χ2v) is 7.58. The van der Waals surface area contributed by atoms with Crippen molar-refractivity contribution in [2.45, 2.75) is 63.2 Å². The Morgan fingerprint density at radius 2 is 1.54 bits per heavy atom. The zero-order chi connectivity index (χ0) is 19.2. The first-order valence-corrected chi connectivity index (χ1v) is 8.97. The van der Waals surface area contributed by atoms with Crippen molar-refractivity contribution in [2.24, 2.45) is 17.8 Å². The maximum Gasteiger partial charge on any atom is 0.258 e. The van der Waals surface area contributed by atoms with Crippen molar-refractivity contribution < 1.29 is 30.7 Å². The van der Waals surface area contributed by atoms with Crippen molar-refractivity contribution in [3.63, 3.8) is 0 Å². The normalized spacial score (nSPS) is 36.6. The Morgan fingerprint density at radius 1 is 0.962 bits per heavy atom. The van der Waals surface area contributed by atoms with Crippen LogP contribution in [0.3, 0.4) is 0 Å². The van der Waals surface area contributed by atoms with Crippen LogP contribution in [-0.4, -0.2) is 18.3 Å². The zero-order valence-corrected chi connectivity index (χ0v) is 14.3. The van der Waals surface area contributed by atoms with Crippen LogP contribution in [0.4, 0.5) is 30.7 Å². The highest BCUT2D eigenvalue weighted by Gasteiger charge is 2.60. The van der Waals surface area contributed by atoms with E-state index in [1.807, 2.05) is 0 Å². The minimum atomic E-state index is -3.44. The Labute approximate surface area is 147 Å². The van der Waals surface area contributed by atoms with Crippen LogP contribution in [0.15, 0.2) is 12.1 Å². The maximum absolute atomic E-state index is 15.0. The van der Waals surface area contributed by atoms with Crippen LogP contribution in [0.5, 0.6) is 0 Å². The SMILES string of the molecule is CCCC1C(F)CC2CC(c3cc(F)c(F)c(F)c3)C(F)(F)C2CC1F. The second kappa shape index (κ2) is 7.04. The van der Waals surface area contributed by atoms with Gasteiger partial charge in [-0.25, -0.2) is 30.7 Å². The second-order valence-electron chi connectivity index (χ2n) is 7.58. The lowest BCUT2D eigenvalue weighted by atomic mass is 9.86. The molecule has 0 saturated heterocycles. The standard InChI is InChI=1S/C19H21F7/c1-2-3-11-14(20)5-9-4-12(19(25,26)13(9)8-15(11)21)10-6-16(22)18(24)17(23)7-10/h6-7,9,11-15H,2-5,8H2,1H3. The number of hydrogen-bond acceptors (Lipinski definition) is 0. The average molecular weight is 382 g/mol. The largest absolute Gasteiger partial charge is 0.258 e. The van der Waals surface area contributed by atoms with Crippen LogP contribution >= 0.6 is 0 Å². The molecule has 7 heteroatoms. The lowest BCUT2D eigenvalue weighted by Gasteiger charge is -2.27. The molecule has 0 radical (unpaired) electrons. The predicted molar refractivity (Wildman–Crippen MR) is 83.0 cm³/mol. The molecule has 6 unspecified atom stereocenters. The minimum absolute atomic E-state index is 0.187. The molecule has 0 amide bonds. The van der Waals surface area contributed by atoms with Crippen LogP contribution in [0, 0.1) is 35.2 Å². The first-order chi connectivity index (χ1) is 12.2. The smallest absolute Gasteiger partial charge is 0.247 e. The summed E-state index contributed by atoms with van der Waals surface area (Å²) in [7, 11) is 0. The highest BCUT2D eigenvalue weighted by Crippen LogP contribution is 2.58. The predicted octanol–water partition coefficient (Wildman–Crippen LogP) is 6.35. The molecule has 2 saturated carbocycles. The van der Waals surface area contributed by atoms with Crippen LogP contribution < -0.4 is 0 Å². The van der Waals surface area contributed by atoms with E-state index in [1.165, 1.54) is 0 Å². The molecule has 3 rings (SSSR count). The van der Waals surface area contributed by atoms with E-state index in [2.05, 4.69) is 0 Å². The Bertz CT molecular complexity index is 636. The van der Waals surface area contributed by atoms with Crippen LogP contribution in [0.1, 0.15) is 50.5 Å². The monoisotopic (exact) mass is 382 g/mol. The first kappa shape index (κ1) is 19.5. The fraction of sp³-hybridized carbons (Fsp3) is 0.684. The summed E-state index contributed by atoms with van der Waals surface area (Å²) in [6.45, 7) is 1.79. The van der Waals surface area contributed by atoms with Gasteiger partial charge in [0, 0.05) is 17.8 Å². The number of fused-ring (bicyclic) bond motifs is 1. The van der Waals surface area contributed by atoms with E-state index in [0.29, 0.717) is 25.0 Å². The van der Waals surface area contributed by atoms with E-state index in [0.717, 1.165) is 0 Å². The molecular formula is C19H21F7. The molecule has 2 aliphatic carbocycles. The molecule has 1 aromatic rings. The molecule has 2 aliphatic rings. The van der Waals surface area contributed by atoms with Gasteiger partial charge in [0.05, 0.1) is 0 Å². The fourth-order valence-corrected chi connectivity index (χ4v) is 4.74. The van der Waals surface area contributed by atoms with Crippen molar-refractivity contribution in [1.29, 1.82) is 0 Å². The van der Waals surface area contributed by atoms with Crippen LogP contribution in [0.2, 0.25) is 0 Å². The van der Waals surface area contributed by atoms with Gasteiger partial charge in [0.2, 0.25) is 0 Å². The maximum atomic E-state index is 15.0. The number of alkyl halides is 4. The first-order valence-electron chi connectivity index (χ1n) is 8.97. The van der Waals surface area contributed by atoms with E-state index in [-0.39, 0.29) is 18.4 Å². The van der Waals surface area contributed by atoms with Crippen molar-refractivity contribution in [3.8, 4) is 0 Å². The molecule has 0 aromatic heterocycles. The summed E-state index contributed by atoms with van der Waals surface area (Å²) < 4.78 is 99.0. The molecule has 26 heavy (non-hydrogen) atoms. The molecule has 0 N–H and O–H groups in total. The van der Waals surface area contributed by atoms with Crippen LogP contribution in [0.25, 0.3) is 0 Å². The molecule has 0 aliphatic heterocycles. The summed E-state index contributed by atoms with van der Waals surface area (Å²) >= 11 is 0. The van der Waals surface area contributed by atoms with Gasteiger partial charge in [-0.1, -0.05) is 13.3 Å². The van der Waals surface area contributed by atoms with Crippen molar-refractivity contribution >= 4 is 0 Å². The van der Waals surface area contributed by atoms with Gasteiger partial charge >= 0.3 is 0 Å². The average Bonchev–Trinajstić information content (AvgIpc) is 2.72. The molecule has 2 fully saturated rings. The summed E-state index contributed by atoms with van der Waals surface area (Å²) in [5, 5.41) is 0. The summed E-state index contributed by atoms with van der Waals surface area (Å²) in [4.78, 5) is 0. The summed E-state index contributed by atoms with van der Waals surface area (Å²) in [5.74, 6) is -12.9. The Morgan fingerprint density at radius 3 is 2.12 bits per heavy atom. The molecule has 6 atom stereocenters. The number of rotatable bonds is 3. The van der Waals surface area contributed by atoms with E-state index in [9.17, 15) is 30.7 Å². The molecule has 0 spiro atoms. The van der Waals surface area contributed by atoms with Gasteiger partial charge in [0.1, 0.15) is 12.3 Å². The van der Waals surface area contributed by atoms with Gasteiger partial charge in [-0.3, -0.25) is 0 Å². The number of halogens is 7. The Kier molecular flexibility index (Phi) is 5.28. The summed E-state index contributed by atoms with van der Waals surface area (Å²) in [6, 6.07) is 1.11. The molecule has 0 heterocycles. The quantitative estimate of drug-likeness (QED) is 0.422. The Hall–Kier alpha value is -1.27. The van der Waals surface area contributed by atoms with Crippen molar-refractivity contribution in [1.82, 2.24) is 0 Å². The minimum Gasteiger partial charge on any atom is -0.247 e. The van der Waals surface area contributed by atoms with Gasteiger partial charge in [0.25, 0.3) is 5.92 Å². The lowest BCUT2D eigenvalue weighted by molar-refractivity contribution is -0.0687. The van der Waals surface area contributed by atoms with Crippen LogP contribution in [-0.2, 0) is 0 Å². The zero-order valence-electron chi connectivity index (χ0n) is 14.3. The van der Waals surface area contributed by atoms with Gasteiger partial charge in [-0.15, -0.1) is 0 Å². The van der Waals surface area contributed by atoms with E-state index in [1.54, 1.807) is 6.92 Å². The highest BCUT2D eigenvalue weighted by atomic mass is 19.3. The number of hydrogen-bond donors (Lipinski definition) is 0. The fourth-order valence-electron chi connectivity index (χ4n) is 4.74. The van der Waals surface area contributed by atoms with E-state index in [4.69, 9.17) is 0 Å². The lowest BCUT2D eigenvalue weighted by Crippen LogP contribution is -2.32. The van der Waals surface area contributed by atoms with Crippen molar-refractivity contribution in [3.05, 3.63) is 35.1 Å². The molecular weight excluding hydrogens is 361 g/mol. The van der Waals surface area contributed by atoms with Gasteiger partial charge < -0.3 is 0 Å². The topological polar surface area (TPSA) is 0 Å². The van der Waals surface area contributed by atoms with Gasteiger partial charge in [-0.05, 0) is 49.3 Å². The van der Waals surface area contributed by atoms with Gasteiger partial charge in [-0.2, -0.15) is 0 Å². The molecule has 0 bridgehead atoms.